The van der Waals surface area contributed by atoms with E-state index in [2.05, 4.69) is 15.9 Å². The van der Waals surface area contributed by atoms with Crippen LogP contribution in [0.4, 0.5) is 0 Å². The van der Waals surface area contributed by atoms with Crippen LogP contribution in [0, 0.1) is 6.92 Å². The lowest BCUT2D eigenvalue weighted by molar-refractivity contribution is 0.250. The fraction of sp³-hybridized carbons (Fsp3) is 0.385. The molecule has 0 radical (unpaired) electrons. The Labute approximate surface area is 109 Å². The first kappa shape index (κ1) is 12.5. The maximum Gasteiger partial charge on any atom is 0.138 e. The number of alkyl halides is 1. The minimum Gasteiger partial charge on any atom is -0.493 e. The van der Waals surface area contributed by atoms with E-state index < -0.39 is 0 Å². The molecular formula is C13H15BrO3. The largest absolute Gasteiger partial charge is 0.493 e. The Morgan fingerprint density at radius 3 is 2.94 bits per heavy atom. The molecule has 0 bridgehead atoms. The summed E-state index contributed by atoms with van der Waals surface area (Å²) in [6.45, 7) is 2.53. The van der Waals surface area contributed by atoms with E-state index in [-0.39, 0.29) is 6.61 Å². The first-order chi connectivity index (χ1) is 8.27. The monoisotopic (exact) mass is 298 g/mol. The highest BCUT2D eigenvalue weighted by atomic mass is 79.9. The van der Waals surface area contributed by atoms with Crippen molar-refractivity contribution in [2.75, 3.05) is 11.9 Å². The van der Waals surface area contributed by atoms with Crippen molar-refractivity contribution in [2.24, 2.45) is 0 Å². The van der Waals surface area contributed by atoms with E-state index >= 15 is 0 Å². The zero-order chi connectivity index (χ0) is 12.3. The van der Waals surface area contributed by atoms with E-state index in [0.717, 1.165) is 34.0 Å². The lowest BCUT2D eigenvalue weighted by Gasteiger charge is -2.06. The van der Waals surface area contributed by atoms with Crippen molar-refractivity contribution >= 4 is 26.9 Å². The molecule has 92 valence electrons. The molecule has 3 nitrogen and oxygen atoms in total. The topological polar surface area (TPSA) is 42.6 Å². The minimum atomic E-state index is -0.0820. The third-order valence-electron chi connectivity index (χ3n) is 2.69. The molecule has 2 rings (SSSR count). The molecule has 0 aliphatic heterocycles. The zero-order valence-corrected chi connectivity index (χ0v) is 11.3. The SMILES string of the molecule is Cc1c(CO)oc2cccc(OCCCBr)c12. The summed E-state index contributed by atoms with van der Waals surface area (Å²) in [4.78, 5) is 0. The van der Waals surface area contributed by atoms with Crippen LogP contribution in [0.15, 0.2) is 22.6 Å². The third-order valence-corrected chi connectivity index (χ3v) is 3.25. The van der Waals surface area contributed by atoms with Crippen molar-refractivity contribution in [3.63, 3.8) is 0 Å². The van der Waals surface area contributed by atoms with E-state index in [0.29, 0.717) is 12.4 Å². The van der Waals surface area contributed by atoms with Gasteiger partial charge in [0.05, 0.1) is 12.0 Å². The summed E-state index contributed by atoms with van der Waals surface area (Å²) in [5.74, 6) is 1.43. The van der Waals surface area contributed by atoms with E-state index in [1.165, 1.54) is 0 Å². The van der Waals surface area contributed by atoms with Crippen LogP contribution in [-0.4, -0.2) is 17.0 Å². The number of hydrogen-bond acceptors (Lipinski definition) is 3. The summed E-state index contributed by atoms with van der Waals surface area (Å²) in [5, 5.41) is 11.1. The highest BCUT2D eigenvalue weighted by Gasteiger charge is 2.13. The molecule has 1 heterocycles. The third kappa shape index (κ3) is 2.48. The van der Waals surface area contributed by atoms with E-state index in [1.807, 2.05) is 25.1 Å². The minimum absolute atomic E-state index is 0.0820. The number of benzene rings is 1. The predicted molar refractivity (Wildman–Crippen MR) is 70.8 cm³/mol. The summed E-state index contributed by atoms with van der Waals surface area (Å²) in [6, 6.07) is 5.72. The molecule has 0 aliphatic carbocycles. The molecule has 0 atom stereocenters. The molecular weight excluding hydrogens is 284 g/mol. The maximum absolute atomic E-state index is 9.18. The fourth-order valence-electron chi connectivity index (χ4n) is 1.82. The molecule has 1 aromatic heterocycles. The summed E-state index contributed by atoms with van der Waals surface area (Å²) in [7, 11) is 0. The van der Waals surface area contributed by atoms with Gasteiger partial charge in [-0.15, -0.1) is 0 Å². The summed E-state index contributed by atoms with van der Waals surface area (Å²) < 4.78 is 11.3. The Morgan fingerprint density at radius 2 is 2.24 bits per heavy atom. The molecule has 2 aromatic rings. The average molecular weight is 299 g/mol. The molecule has 0 fully saturated rings. The summed E-state index contributed by atoms with van der Waals surface area (Å²) in [5.41, 5.74) is 1.72. The summed E-state index contributed by atoms with van der Waals surface area (Å²) >= 11 is 3.37. The highest BCUT2D eigenvalue weighted by molar-refractivity contribution is 9.09. The van der Waals surface area contributed by atoms with Gasteiger partial charge in [0.2, 0.25) is 0 Å². The maximum atomic E-state index is 9.18. The van der Waals surface area contributed by atoms with Crippen molar-refractivity contribution in [3.8, 4) is 5.75 Å². The van der Waals surface area contributed by atoms with Crippen LogP contribution in [0.3, 0.4) is 0 Å². The van der Waals surface area contributed by atoms with Gasteiger partial charge in [-0.3, -0.25) is 0 Å². The van der Waals surface area contributed by atoms with Gasteiger partial charge in [-0.2, -0.15) is 0 Å². The zero-order valence-electron chi connectivity index (χ0n) is 9.70. The molecule has 17 heavy (non-hydrogen) atoms. The fourth-order valence-corrected chi connectivity index (χ4v) is 2.05. The average Bonchev–Trinajstić information content (AvgIpc) is 2.67. The van der Waals surface area contributed by atoms with E-state index in [1.54, 1.807) is 0 Å². The van der Waals surface area contributed by atoms with Gasteiger partial charge in [0.15, 0.2) is 0 Å². The number of aliphatic hydroxyl groups is 1. The van der Waals surface area contributed by atoms with Crippen LogP contribution in [0.25, 0.3) is 11.0 Å². The Kier molecular flexibility index (Phi) is 4.07. The smallest absolute Gasteiger partial charge is 0.138 e. The molecule has 0 saturated heterocycles. The quantitative estimate of drug-likeness (QED) is 0.679. The van der Waals surface area contributed by atoms with E-state index in [4.69, 9.17) is 9.15 Å². The molecule has 4 heteroatoms. The molecule has 0 saturated carbocycles. The van der Waals surface area contributed by atoms with Crippen LogP contribution in [0.1, 0.15) is 17.7 Å². The van der Waals surface area contributed by atoms with Crippen LogP contribution < -0.4 is 4.74 Å². The van der Waals surface area contributed by atoms with Crippen molar-refractivity contribution in [1.29, 1.82) is 0 Å². The second-order valence-corrected chi connectivity index (χ2v) is 4.62. The number of aryl methyl sites for hydroxylation is 1. The molecule has 0 spiro atoms. The number of ether oxygens (including phenoxy) is 1. The molecule has 1 N–H and O–H groups in total. The highest BCUT2D eigenvalue weighted by Crippen LogP contribution is 2.33. The predicted octanol–water partition coefficient (Wildman–Crippen LogP) is 3.40. The molecule has 1 aromatic carbocycles. The Balaban J connectivity index is 2.38. The Morgan fingerprint density at radius 1 is 1.41 bits per heavy atom. The standard InChI is InChI=1S/C13H15BrO3/c1-9-12(8-15)17-11-5-2-4-10(13(9)11)16-7-3-6-14/h2,4-5,15H,3,6-8H2,1H3. The van der Waals surface area contributed by atoms with Gasteiger partial charge in [0, 0.05) is 10.9 Å². The number of fused-ring (bicyclic) bond motifs is 1. The van der Waals surface area contributed by atoms with Gasteiger partial charge in [-0.1, -0.05) is 22.0 Å². The van der Waals surface area contributed by atoms with Crippen molar-refractivity contribution < 1.29 is 14.3 Å². The molecule has 0 unspecified atom stereocenters. The van der Waals surface area contributed by atoms with Crippen molar-refractivity contribution in [3.05, 3.63) is 29.5 Å². The Bertz CT molecular complexity index is 505. The normalized spacial score (nSPS) is 11.0. The number of furan rings is 1. The van der Waals surface area contributed by atoms with Gasteiger partial charge in [-0.25, -0.2) is 0 Å². The number of hydrogen-bond donors (Lipinski definition) is 1. The van der Waals surface area contributed by atoms with Crippen LogP contribution in [-0.2, 0) is 6.61 Å². The van der Waals surface area contributed by atoms with Crippen LogP contribution in [0.5, 0.6) is 5.75 Å². The van der Waals surface area contributed by atoms with Crippen LogP contribution in [0.2, 0.25) is 0 Å². The first-order valence-electron chi connectivity index (χ1n) is 5.58. The van der Waals surface area contributed by atoms with Gasteiger partial charge < -0.3 is 14.3 Å². The van der Waals surface area contributed by atoms with Gasteiger partial charge in [0.25, 0.3) is 0 Å². The van der Waals surface area contributed by atoms with Crippen molar-refractivity contribution in [2.45, 2.75) is 20.0 Å². The molecule has 0 amide bonds. The Hall–Kier alpha value is -1.000. The lowest BCUT2D eigenvalue weighted by atomic mass is 10.1. The number of rotatable bonds is 5. The second-order valence-electron chi connectivity index (χ2n) is 3.83. The van der Waals surface area contributed by atoms with Gasteiger partial charge in [0.1, 0.15) is 23.7 Å². The lowest BCUT2D eigenvalue weighted by Crippen LogP contribution is -1.98. The first-order valence-corrected chi connectivity index (χ1v) is 6.70. The van der Waals surface area contributed by atoms with Gasteiger partial charge >= 0.3 is 0 Å². The second kappa shape index (κ2) is 5.56. The molecule has 0 aliphatic rings. The van der Waals surface area contributed by atoms with Crippen LogP contribution >= 0.6 is 15.9 Å². The summed E-state index contributed by atoms with van der Waals surface area (Å²) in [6.07, 6.45) is 0.958. The van der Waals surface area contributed by atoms with E-state index in [9.17, 15) is 5.11 Å². The van der Waals surface area contributed by atoms with Crippen molar-refractivity contribution in [1.82, 2.24) is 0 Å². The van der Waals surface area contributed by atoms with Gasteiger partial charge in [-0.05, 0) is 25.5 Å². The number of halogens is 1. The number of aliphatic hydroxyl groups excluding tert-OH is 1.